The van der Waals surface area contributed by atoms with Crippen molar-refractivity contribution in [3.05, 3.63) is 58.7 Å². The van der Waals surface area contributed by atoms with Crippen LogP contribution in [-0.4, -0.2) is 70.5 Å². The van der Waals surface area contributed by atoms with Crippen LogP contribution < -0.4 is 10.6 Å². The number of rotatable bonds is 13. The summed E-state index contributed by atoms with van der Waals surface area (Å²) in [5.41, 5.74) is 0.297. The minimum Gasteiger partial charge on any atom is -0.478 e. The Hall–Kier alpha value is -3.76. The van der Waals surface area contributed by atoms with Gasteiger partial charge in [0.25, 0.3) is 11.8 Å². The van der Waals surface area contributed by atoms with E-state index in [0.717, 1.165) is 0 Å². The normalized spacial score (nSPS) is 10.5. The van der Waals surface area contributed by atoms with E-state index in [4.69, 9.17) is 10.2 Å². The van der Waals surface area contributed by atoms with Crippen LogP contribution in [0.5, 0.6) is 0 Å². The molecule has 0 fully saturated rings. The van der Waals surface area contributed by atoms with Crippen molar-refractivity contribution in [2.24, 2.45) is 0 Å². The van der Waals surface area contributed by atoms with Gasteiger partial charge in [0.15, 0.2) is 0 Å². The molecule has 2 amide bonds. The summed E-state index contributed by atoms with van der Waals surface area (Å²) in [7, 11) is 0. The van der Waals surface area contributed by atoms with E-state index in [-0.39, 0.29) is 48.6 Å². The quantitative estimate of drug-likeness (QED) is 0.239. The van der Waals surface area contributed by atoms with Gasteiger partial charge in [-0.05, 0) is 61.1 Å². The maximum absolute atomic E-state index is 12.6. The van der Waals surface area contributed by atoms with Gasteiger partial charge in [0.05, 0.1) is 22.3 Å². The molecule has 0 aliphatic rings. The van der Waals surface area contributed by atoms with Crippen molar-refractivity contribution < 1.29 is 39.6 Å². The number of carboxylic acids is 2. The molecule has 0 spiro atoms. The van der Waals surface area contributed by atoms with Crippen molar-refractivity contribution in [2.75, 3.05) is 26.3 Å². The molecule has 34 heavy (non-hydrogen) atoms. The minimum atomic E-state index is -1.28. The summed E-state index contributed by atoms with van der Waals surface area (Å²) in [4.78, 5) is 48.4. The fourth-order valence-electron chi connectivity index (χ4n) is 3.26. The molecule has 0 bridgehead atoms. The molecule has 0 saturated carbocycles. The number of hydrogen-bond acceptors (Lipinski definition) is 6. The van der Waals surface area contributed by atoms with Crippen LogP contribution in [0.2, 0.25) is 0 Å². The number of amides is 2. The van der Waals surface area contributed by atoms with Gasteiger partial charge in [0.2, 0.25) is 0 Å². The van der Waals surface area contributed by atoms with E-state index in [1.165, 1.54) is 36.4 Å². The van der Waals surface area contributed by atoms with Crippen LogP contribution >= 0.6 is 0 Å². The number of hydrogen-bond donors (Lipinski definition) is 6. The lowest BCUT2D eigenvalue weighted by Crippen LogP contribution is -2.27. The minimum absolute atomic E-state index is 0.0184. The van der Waals surface area contributed by atoms with Crippen LogP contribution in [0.1, 0.15) is 67.1 Å². The van der Waals surface area contributed by atoms with Crippen molar-refractivity contribution in [1.29, 1.82) is 0 Å². The second-order valence-electron chi connectivity index (χ2n) is 7.50. The van der Waals surface area contributed by atoms with Crippen LogP contribution in [0, 0.1) is 0 Å². The smallest absolute Gasteiger partial charge is 0.336 e. The maximum Gasteiger partial charge on any atom is 0.336 e. The monoisotopic (exact) mass is 472 g/mol. The van der Waals surface area contributed by atoms with Gasteiger partial charge in [-0.2, -0.15) is 0 Å². The lowest BCUT2D eigenvalue weighted by atomic mass is 9.95. The first-order valence-corrected chi connectivity index (χ1v) is 10.8. The highest BCUT2D eigenvalue weighted by Gasteiger charge is 2.20. The largest absolute Gasteiger partial charge is 0.478 e. The molecule has 2 rings (SSSR count). The summed E-state index contributed by atoms with van der Waals surface area (Å²) in [5.74, 6) is -3.75. The second kappa shape index (κ2) is 13.1. The second-order valence-corrected chi connectivity index (χ2v) is 7.50. The van der Waals surface area contributed by atoms with E-state index in [9.17, 15) is 29.4 Å². The molecule has 0 aromatic heterocycles. The number of carboxylic acid groups (broad SMARTS) is 2. The van der Waals surface area contributed by atoms with Gasteiger partial charge in [-0.15, -0.1) is 0 Å². The van der Waals surface area contributed by atoms with Crippen molar-refractivity contribution in [1.82, 2.24) is 10.6 Å². The van der Waals surface area contributed by atoms with Crippen LogP contribution in [-0.2, 0) is 0 Å². The molecule has 0 aliphatic carbocycles. The molecule has 10 heteroatoms. The molecule has 0 radical (unpaired) electrons. The average Bonchev–Trinajstić information content (AvgIpc) is 2.83. The van der Waals surface area contributed by atoms with E-state index in [1.54, 1.807) is 0 Å². The third-order valence-electron chi connectivity index (χ3n) is 5.06. The van der Waals surface area contributed by atoms with E-state index >= 15 is 0 Å². The summed E-state index contributed by atoms with van der Waals surface area (Å²) < 4.78 is 0. The number of aromatic carboxylic acids is 2. The Balaban J connectivity index is 2.39. The first kappa shape index (κ1) is 26.5. The zero-order chi connectivity index (χ0) is 25.1. The molecule has 0 aliphatic heterocycles. The lowest BCUT2D eigenvalue weighted by molar-refractivity contribution is 0.0682. The highest BCUT2D eigenvalue weighted by Crippen LogP contribution is 2.26. The summed E-state index contributed by atoms with van der Waals surface area (Å²) in [6, 6.07) is 8.27. The number of unbranched alkanes of at least 4 members (excludes halogenated alkanes) is 2. The maximum atomic E-state index is 12.6. The van der Waals surface area contributed by atoms with E-state index in [1.807, 2.05) is 0 Å². The SMILES string of the molecule is O=C(O)c1ccc(-c2ccc(C(=O)O)c(C(=O)NCCCCO)c2)cc1C(=O)NCCCCO. The zero-order valence-corrected chi connectivity index (χ0v) is 18.5. The molecular formula is C24H28N2O8. The predicted molar refractivity (Wildman–Crippen MR) is 123 cm³/mol. The molecule has 182 valence electrons. The number of benzene rings is 2. The topological polar surface area (TPSA) is 173 Å². The standard InChI is InChI=1S/C24H28N2O8/c27-11-3-1-9-25-21(29)19-13-15(5-7-17(19)23(31)32)16-6-8-18(24(33)34)20(14-16)22(30)26-10-2-4-12-28/h5-8,13-14,27-28H,1-4,9-12H2,(H,25,29)(H,26,30)(H,31,32)(H,33,34). The number of aliphatic hydroxyl groups excluding tert-OH is 2. The summed E-state index contributed by atoms with van der Waals surface area (Å²) >= 11 is 0. The van der Waals surface area contributed by atoms with Crippen molar-refractivity contribution in [3.8, 4) is 11.1 Å². The molecule has 0 atom stereocenters. The Morgan fingerprint density at radius 3 is 1.29 bits per heavy atom. The Kier molecular flexibility index (Phi) is 10.2. The van der Waals surface area contributed by atoms with Gasteiger partial charge >= 0.3 is 11.9 Å². The first-order valence-electron chi connectivity index (χ1n) is 10.8. The van der Waals surface area contributed by atoms with Crippen LogP contribution in [0.25, 0.3) is 11.1 Å². The highest BCUT2D eigenvalue weighted by atomic mass is 16.4. The third kappa shape index (κ3) is 7.12. The molecular weight excluding hydrogens is 444 g/mol. The fourth-order valence-corrected chi connectivity index (χ4v) is 3.26. The zero-order valence-electron chi connectivity index (χ0n) is 18.5. The van der Waals surface area contributed by atoms with Gasteiger partial charge < -0.3 is 31.1 Å². The number of aliphatic hydroxyl groups is 2. The van der Waals surface area contributed by atoms with Gasteiger partial charge in [-0.3, -0.25) is 9.59 Å². The van der Waals surface area contributed by atoms with Gasteiger partial charge in [0.1, 0.15) is 0 Å². The molecule has 10 nitrogen and oxygen atoms in total. The Morgan fingerprint density at radius 1 is 0.588 bits per heavy atom. The van der Waals surface area contributed by atoms with Crippen LogP contribution in [0.3, 0.4) is 0 Å². The van der Waals surface area contributed by atoms with Gasteiger partial charge in [0, 0.05) is 26.3 Å². The predicted octanol–water partition coefficient (Wildman–Crippen LogP) is 1.75. The summed E-state index contributed by atoms with van der Waals surface area (Å²) in [6.07, 6.45) is 2.04. The van der Waals surface area contributed by atoms with Crippen molar-refractivity contribution in [3.63, 3.8) is 0 Å². The Labute approximate surface area is 196 Å². The molecule has 6 N–H and O–H groups in total. The summed E-state index contributed by atoms with van der Waals surface area (Å²) in [6.45, 7) is 0.484. The third-order valence-corrected chi connectivity index (χ3v) is 5.06. The average molecular weight is 472 g/mol. The Bertz CT molecular complexity index is 968. The van der Waals surface area contributed by atoms with Crippen LogP contribution in [0.15, 0.2) is 36.4 Å². The number of carbonyl (C=O) groups excluding carboxylic acids is 2. The van der Waals surface area contributed by atoms with E-state index in [2.05, 4.69) is 10.6 Å². The molecule has 2 aromatic rings. The Morgan fingerprint density at radius 2 is 0.971 bits per heavy atom. The highest BCUT2D eigenvalue weighted by molar-refractivity contribution is 6.07. The fraction of sp³-hybridized carbons (Fsp3) is 0.333. The van der Waals surface area contributed by atoms with Crippen molar-refractivity contribution >= 4 is 23.8 Å². The molecule has 2 aromatic carbocycles. The molecule has 0 saturated heterocycles. The summed E-state index contributed by atoms with van der Waals surface area (Å²) in [5, 5.41) is 41.9. The van der Waals surface area contributed by atoms with Crippen molar-refractivity contribution in [2.45, 2.75) is 25.7 Å². The lowest BCUT2D eigenvalue weighted by Gasteiger charge is -2.13. The van der Waals surface area contributed by atoms with E-state index < -0.39 is 23.8 Å². The van der Waals surface area contributed by atoms with Gasteiger partial charge in [-0.1, -0.05) is 12.1 Å². The number of nitrogens with one attached hydrogen (secondary N) is 2. The van der Waals surface area contributed by atoms with E-state index in [0.29, 0.717) is 36.8 Å². The molecule has 0 unspecified atom stereocenters. The van der Waals surface area contributed by atoms with Gasteiger partial charge in [-0.25, -0.2) is 9.59 Å². The first-order chi connectivity index (χ1) is 16.3. The van der Waals surface area contributed by atoms with Crippen LogP contribution in [0.4, 0.5) is 0 Å². The number of carbonyl (C=O) groups is 4. The molecule has 0 heterocycles.